The van der Waals surface area contributed by atoms with Gasteiger partial charge >= 0.3 is 0 Å². The third-order valence-corrected chi connectivity index (χ3v) is 3.59. The highest BCUT2D eigenvalue weighted by atomic mass is 79.9. The van der Waals surface area contributed by atoms with Gasteiger partial charge in [-0.2, -0.15) is 0 Å². The molecule has 0 aliphatic heterocycles. The molecule has 0 aliphatic rings. The van der Waals surface area contributed by atoms with Gasteiger partial charge in [0.2, 0.25) is 0 Å². The van der Waals surface area contributed by atoms with Gasteiger partial charge in [-0.1, -0.05) is 22.9 Å². The summed E-state index contributed by atoms with van der Waals surface area (Å²) in [7, 11) is 1.97. The average Bonchev–Trinajstić information content (AvgIpc) is 2.24. The van der Waals surface area contributed by atoms with E-state index in [1.165, 1.54) is 12.1 Å². The van der Waals surface area contributed by atoms with Crippen LogP contribution in [0, 0.1) is 11.6 Å². The van der Waals surface area contributed by atoms with Crippen molar-refractivity contribution in [3.05, 3.63) is 33.8 Å². The molecule has 0 spiro atoms. The third kappa shape index (κ3) is 3.25. The van der Waals surface area contributed by atoms with Crippen LogP contribution in [0.3, 0.4) is 0 Å². The summed E-state index contributed by atoms with van der Waals surface area (Å²) < 4.78 is 26.6. The Kier molecular flexibility index (Phi) is 4.87. The second-order valence-corrected chi connectivity index (χ2v) is 4.88. The van der Waals surface area contributed by atoms with Crippen LogP contribution in [-0.2, 0) is 6.54 Å². The first kappa shape index (κ1) is 13.6. The lowest BCUT2D eigenvalue weighted by atomic mass is 10.1. The molecule has 1 nitrogen and oxygen atoms in total. The van der Waals surface area contributed by atoms with Crippen molar-refractivity contribution < 1.29 is 8.78 Å². The molecule has 0 radical (unpaired) electrons. The van der Waals surface area contributed by atoms with Gasteiger partial charge in [0.05, 0.1) is 0 Å². The summed E-state index contributed by atoms with van der Waals surface area (Å²) in [6.07, 6.45) is 1.03. The van der Waals surface area contributed by atoms with Crippen molar-refractivity contribution in [1.29, 1.82) is 0 Å². The molecule has 0 aromatic heterocycles. The molecular weight excluding hydrogens is 276 g/mol. The van der Waals surface area contributed by atoms with Gasteiger partial charge in [0.15, 0.2) is 11.6 Å². The van der Waals surface area contributed by atoms with E-state index in [0.717, 1.165) is 12.0 Å². The van der Waals surface area contributed by atoms with Gasteiger partial charge in [-0.3, -0.25) is 4.90 Å². The Morgan fingerprint density at radius 1 is 1.31 bits per heavy atom. The highest BCUT2D eigenvalue weighted by Crippen LogP contribution is 2.22. The second-order valence-electron chi connectivity index (χ2n) is 4.03. The van der Waals surface area contributed by atoms with Gasteiger partial charge in [0.25, 0.3) is 0 Å². The zero-order valence-corrected chi connectivity index (χ0v) is 11.3. The van der Waals surface area contributed by atoms with Gasteiger partial charge in [0.1, 0.15) is 0 Å². The third-order valence-electron chi connectivity index (χ3n) is 2.85. The lowest BCUT2D eigenvalue weighted by Crippen LogP contribution is -2.28. The summed E-state index contributed by atoms with van der Waals surface area (Å²) in [4.78, 5) is 2.11. The minimum absolute atomic E-state index is 0.417. The van der Waals surface area contributed by atoms with E-state index in [1.807, 2.05) is 7.05 Å². The Morgan fingerprint density at radius 2 is 1.88 bits per heavy atom. The smallest absolute Gasteiger partial charge is 0.159 e. The number of hydrogen-bond acceptors (Lipinski definition) is 1. The summed E-state index contributed by atoms with van der Waals surface area (Å²) in [5.41, 5.74) is 0.765. The summed E-state index contributed by atoms with van der Waals surface area (Å²) in [5.74, 6) is -1.61. The molecule has 1 rings (SSSR count). The van der Waals surface area contributed by atoms with Crippen LogP contribution < -0.4 is 0 Å². The summed E-state index contributed by atoms with van der Waals surface area (Å²) in [6.45, 7) is 4.81. The van der Waals surface area contributed by atoms with Crippen LogP contribution >= 0.6 is 15.9 Å². The molecule has 0 aliphatic carbocycles. The molecule has 0 amide bonds. The van der Waals surface area contributed by atoms with Gasteiger partial charge in [-0.05, 0) is 38.1 Å². The van der Waals surface area contributed by atoms with Crippen LogP contribution in [-0.4, -0.2) is 18.0 Å². The van der Waals surface area contributed by atoms with Crippen LogP contribution in [0.4, 0.5) is 8.78 Å². The average molecular weight is 292 g/mol. The molecule has 4 heteroatoms. The van der Waals surface area contributed by atoms with E-state index >= 15 is 0 Å². The van der Waals surface area contributed by atoms with Crippen LogP contribution in [0.2, 0.25) is 0 Å². The Morgan fingerprint density at radius 3 is 2.44 bits per heavy atom. The van der Waals surface area contributed by atoms with Crippen molar-refractivity contribution in [2.24, 2.45) is 0 Å². The van der Waals surface area contributed by atoms with Gasteiger partial charge in [0, 0.05) is 17.1 Å². The van der Waals surface area contributed by atoms with Crippen LogP contribution in [0.25, 0.3) is 0 Å². The molecule has 0 fully saturated rings. The fraction of sp³-hybridized carbons (Fsp3) is 0.500. The first-order chi connectivity index (χ1) is 7.45. The van der Waals surface area contributed by atoms with E-state index in [2.05, 4.69) is 34.7 Å². The molecule has 0 saturated carbocycles. The van der Waals surface area contributed by atoms with E-state index < -0.39 is 11.6 Å². The summed E-state index contributed by atoms with van der Waals surface area (Å²) >= 11 is 3.25. The normalized spacial score (nSPS) is 13.2. The molecular formula is C12H16BrF2N. The fourth-order valence-electron chi connectivity index (χ4n) is 1.42. The Bertz CT molecular complexity index is 368. The molecule has 1 aromatic carbocycles. The number of hydrogen-bond donors (Lipinski definition) is 0. The maximum absolute atomic E-state index is 13.1. The lowest BCUT2D eigenvalue weighted by Gasteiger charge is -2.24. The Labute approximate surface area is 104 Å². The zero-order chi connectivity index (χ0) is 12.3. The van der Waals surface area contributed by atoms with Crippen LogP contribution in [0.5, 0.6) is 0 Å². The van der Waals surface area contributed by atoms with E-state index in [4.69, 9.17) is 0 Å². The topological polar surface area (TPSA) is 3.24 Å². The number of nitrogens with zero attached hydrogens (tertiary/aromatic N) is 1. The van der Waals surface area contributed by atoms with Crippen molar-refractivity contribution in [3.63, 3.8) is 0 Å². The van der Waals surface area contributed by atoms with E-state index in [0.29, 0.717) is 17.1 Å². The maximum atomic E-state index is 13.1. The summed E-state index contributed by atoms with van der Waals surface area (Å²) in [6, 6.07) is 2.84. The molecule has 90 valence electrons. The molecule has 1 atom stereocenters. The van der Waals surface area contributed by atoms with Crippen LogP contribution in [0.1, 0.15) is 25.8 Å². The van der Waals surface area contributed by atoms with Gasteiger partial charge in [-0.25, -0.2) is 8.78 Å². The predicted octanol–water partition coefficient (Wildman–Crippen LogP) is 3.96. The van der Waals surface area contributed by atoms with Crippen molar-refractivity contribution in [3.8, 4) is 0 Å². The maximum Gasteiger partial charge on any atom is 0.159 e. The first-order valence-electron chi connectivity index (χ1n) is 5.29. The molecule has 0 heterocycles. The largest absolute Gasteiger partial charge is 0.299 e. The van der Waals surface area contributed by atoms with E-state index in [-0.39, 0.29) is 0 Å². The molecule has 1 unspecified atom stereocenters. The van der Waals surface area contributed by atoms with Gasteiger partial charge < -0.3 is 0 Å². The lowest BCUT2D eigenvalue weighted by molar-refractivity contribution is 0.243. The Hall–Kier alpha value is -0.480. The molecule has 0 saturated heterocycles. The van der Waals surface area contributed by atoms with Crippen molar-refractivity contribution >= 4 is 15.9 Å². The van der Waals surface area contributed by atoms with Crippen LogP contribution in [0.15, 0.2) is 16.6 Å². The van der Waals surface area contributed by atoms with Crippen molar-refractivity contribution in [2.75, 3.05) is 7.05 Å². The Balaban J connectivity index is 2.85. The SMILES string of the molecule is CCC(C)N(C)Cc1cc(F)c(F)cc1Br. The van der Waals surface area contributed by atoms with Crippen molar-refractivity contribution in [1.82, 2.24) is 4.90 Å². The monoisotopic (exact) mass is 291 g/mol. The molecule has 16 heavy (non-hydrogen) atoms. The highest BCUT2D eigenvalue weighted by Gasteiger charge is 2.12. The zero-order valence-electron chi connectivity index (χ0n) is 9.73. The molecule has 1 aromatic rings. The minimum atomic E-state index is -0.818. The van der Waals surface area contributed by atoms with E-state index in [9.17, 15) is 8.78 Å². The predicted molar refractivity (Wildman–Crippen MR) is 65.3 cm³/mol. The first-order valence-corrected chi connectivity index (χ1v) is 6.08. The number of rotatable bonds is 4. The summed E-state index contributed by atoms with van der Waals surface area (Å²) in [5, 5.41) is 0. The molecule has 0 bridgehead atoms. The molecule has 0 N–H and O–H groups in total. The number of benzene rings is 1. The highest BCUT2D eigenvalue weighted by molar-refractivity contribution is 9.10. The van der Waals surface area contributed by atoms with Gasteiger partial charge in [-0.15, -0.1) is 0 Å². The van der Waals surface area contributed by atoms with Crippen molar-refractivity contribution in [2.45, 2.75) is 32.9 Å². The number of halogens is 3. The fourth-order valence-corrected chi connectivity index (χ4v) is 1.86. The van der Waals surface area contributed by atoms with E-state index in [1.54, 1.807) is 0 Å². The second kappa shape index (κ2) is 5.73. The minimum Gasteiger partial charge on any atom is -0.299 e. The standard InChI is InChI=1S/C12H16BrF2N/c1-4-8(2)16(3)7-9-5-11(14)12(15)6-10(9)13/h5-6,8H,4,7H2,1-3H3. The quantitative estimate of drug-likeness (QED) is 0.759.